The van der Waals surface area contributed by atoms with Crippen molar-refractivity contribution < 1.29 is 4.92 Å². The molecular weight excluding hydrogens is 287 g/mol. The van der Waals surface area contributed by atoms with E-state index in [0.717, 1.165) is 0 Å². The molecule has 0 unspecified atom stereocenters. The number of nitrogens with one attached hydrogen (secondary N) is 1. The minimum absolute atomic E-state index is 0.0678. The largest absolute Gasteiger partial charge is 0.378 e. The van der Waals surface area contributed by atoms with Crippen molar-refractivity contribution in [1.29, 1.82) is 0 Å². The van der Waals surface area contributed by atoms with Crippen LogP contribution in [0.5, 0.6) is 0 Å². The number of nitro benzene ring substituents is 1. The van der Waals surface area contributed by atoms with Gasteiger partial charge in [0.05, 0.1) is 20.7 Å². The second kappa shape index (κ2) is 5.91. The van der Waals surface area contributed by atoms with Gasteiger partial charge in [-0.05, 0) is 12.1 Å². The van der Waals surface area contributed by atoms with Gasteiger partial charge in [-0.2, -0.15) is 0 Å². The fourth-order valence-electron chi connectivity index (χ4n) is 1.69. The van der Waals surface area contributed by atoms with Crippen LogP contribution in [0.25, 0.3) is 0 Å². The molecule has 2 rings (SSSR count). The van der Waals surface area contributed by atoms with Crippen LogP contribution in [0, 0.1) is 10.1 Å². The fraction of sp³-hybridized carbons (Fsp3) is 0.0769. The second-order valence-electron chi connectivity index (χ2n) is 3.84. The summed E-state index contributed by atoms with van der Waals surface area (Å²) in [6.07, 6.45) is 0. The Morgan fingerprint density at radius 1 is 1.05 bits per heavy atom. The van der Waals surface area contributed by atoms with Crippen LogP contribution in [0.2, 0.25) is 10.0 Å². The van der Waals surface area contributed by atoms with Crippen LogP contribution >= 0.6 is 23.2 Å². The lowest BCUT2D eigenvalue weighted by Gasteiger charge is -2.10. The SMILES string of the molecule is O=[N+]([O-])c1ccccc1CNc1c(Cl)cccc1Cl. The zero-order chi connectivity index (χ0) is 13.8. The molecule has 0 atom stereocenters. The molecule has 4 nitrogen and oxygen atoms in total. The number of hydrogen-bond donors (Lipinski definition) is 1. The first kappa shape index (κ1) is 13.6. The molecule has 0 saturated heterocycles. The lowest BCUT2D eigenvalue weighted by Crippen LogP contribution is -2.03. The van der Waals surface area contributed by atoms with E-state index in [1.807, 2.05) is 0 Å². The predicted molar refractivity (Wildman–Crippen MR) is 76.9 cm³/mol. The van der Waals surface area contributed by atoms with E-state index in [0.29, 0.717) is 21.3 Å². The molecule has 2 aromatic rings. The summed E-state index contributed by atoms with van der Waals surface area (Å²) >= 11 is 12.0. The highest BCUT2D eigenvalue weighted by molar-refractivity contribution is 6.39. The van der Waals surface area contributed by atoms with Crippen LogP contribution in [-0.4, -0.2) is 4.92 Å². The Bertz CT molecular complexity index is 597. The van der Waals surface area contributed by atoms with Gasteiger partial charge in [0, 0.05) is 18.2 Å². The number of anilines is 1. The van der Waals surface area contributed by atoms with Gasteiger partial charge in [-0.3, -0.25) is 10.1 Å². The van der Waals surface area contributed by atoms with Crippen molar-refractivity contribution in [3.05, 3.63) is 68.2 Å². The van der Waals surface area contributed by atoms with Crippen molar-refractivity contribution in [3.8, 4) is 0 Å². The number of halogens is 2. The Kier molecular flexibility index (Phi) is 4.24. The third kappa shape index (κ3) is 3.16. The number of rotatable bonds is 4. The predicted octanol–water partition coefficient (Wildman–Crippen LogP) is 4.51. The molecule has 0 amide bonds. The molecule has 0 fully saturated rings. The van der Waals surface area contributed by atoms with Crippen LogP contribution in [0.15, 0.2) is 42.5 Å². The highest BCUT2D eigenvalue weighted by atomic mass is 35.5. The van der Waals surface area contributed by atoms with Crippen molar-refractivity contribution in [2.45, 2.75) is 6.54 Å². The summed E-state index contributed by atoms with van der Waals surface area (Å²) < 4.78 is 0. The lowest BCUT2D eigenvalue weighted by atomic mass is 10.2. The van der Waals surface area contributed by atoms with E-state index in [9.17, 15) is 10.1 Å². The quantitative estimate of drug-likeness (QED) is 0.667. The van der Waals surface area contributed by atoms with Crippen LogP contribution < -0.4 is 5.32 Å². The number of hydrogen-bond acceptors (Lipinski definition) is 3. The first-order valence-corrected chi connectivity index (χ1v) is 6.25. The van der Waals surface area contributed by atoms with Crippen LogP contribution in [0.3, 0.4) is 0 Å². The smallest absolute Gasteiger partial charge is 0.274 e. The van der Waals surface area contributed by atoms with Gasteiger partial charge in [0.25, 0.3) is 5.69 Å². The average molecular weight is 297 g/mol. The Labute approximate surface area is 120 Å². The molecule has 0 spiro atoms. The molecule has 0 bridgehead atoms. The van der Waals surface area contributed by atoms with E-state index in [-0.39, 0.29) is 12.2 Å². The molecule has 98 valence electrons. The summed E-state index contributed by atoms with van der Waals surface area (Å²) in [4.78, 5) is 10.5. The maximum Gasteiger partial charge on any atom is 0.274 e. The normalized spacial score (nSPS) is 10.2. The Morgan fingerprint density at radius 3 is 2.32 bits per heavy atom. The molecule has 0 aromatic heterocycles. The molecule has 1 N–H and O–H groups in total. The van der Waals surface area contributed by atoms with Gasteiger partial charge >= 0.3 is 0 Å². The molecular formula is C13H10Cl2N2O2. The van der Waals surface area contributed by atoms with Crippen molar-refractivity contribution in [3.63, 3.8) is 0 Å². The molecule has 0 heterocycles. The van der Waals surface area contributed by atoms with Gasteiger partial charge < -0.3 is 5.32 Å². The monoisotopic (exact) mass is 296 g/mol. The molecule has 0 radical (unpaired) electrons. The third-order valence-corrected chi connectivity index (χ3v) is 3.24. The molecule has 0 saturated carbocycles. The van der Waals surface area contributed by atoms with Crippen LogP contribution in [0.1, 0.15) is 5.56 Å². The van der Waals surface area contributed by atoms with Crippen molar-refractivity contribution in [2.24, 2.45) is 0 Å². The first-order valence-electron chi connectivity index (χ1n) is 5.50. The maximum atomic E-state index is 10.9. The maximum absolute atomic E-state index is 10.9. The van der Waals surface area contributed by atoms with Crippen LogP contribution in [-0.2, 0) is 6.54 Å². The van der Waals surface area contributed by atoms with Crippen molar-refractivity contribution in [2.75, 3.05) is 5.32 Å². The molecule has 2 aromatic carbocycles. The van der Waals surface area contributed by atoms with Crippen molar-refractivity contribution in [1.82, 2.24) is 0 Å². The van der Waals surface area contributed by atoms with Crippen LogP contribution in [0.4, 0.5) is 11.4 Å². The van der Waals surface area contributed by atoms with E-state index < -0.39 is 4.92 Å². The summed E-state index contributed by atoms with van der Waals surface area (Å²) in [7, 11) is 0. The lowest BCUT2D eigenvalue weighted by molar-refractivity contribution is -0.385. The summed E-state index contributed by atoms with van der Waals surface area (Å²) in [5.74, 6) is 0. The minimum atomic E-state index is -0.411. The summed E-state index contributed by atoms with van der Waals surface area (Å²) in [6.45, 7) is 0.278. The van der Waals surface area contributed by atoms with Gasteiger partial charge in [0.1, 0.15) is 0 Å². The minimum Gasteiger partial charge on any atom is -0.378 e. The van der Waals surface area contributed by atoms with E-state index in [4.69, 9.17) is 23.2 Å². The Balaban J connectivity index is 2.22. The standard InChI is InChI=1S/C13H10Cl2N2O2/c14-10-5-3-6-11(15)13(10)16-8-9-4-1-2-7-12(9)17(18)19/h1-7,16H,8H2. The Hall–Kier alpha value is -1.78. The topological polar surface area (TPSA) is 55.2 Å². The zero-order valence-corrected chi connectivity index (χ0v) is 11.3. The van der Waals surface area contributed by atoms with Gasteiger partial charge in [0.15, 0.2) is 0 Å². The summed E-state index contributed by atoms with van der Waals surface area (Å²) in [5, 5.41) is 14.9. The second-order valence-corrected chi connectivity index (χ2v) is 4.65. The fourth-order valence-corrected chi connectivity index (χ4v) is 2.22. The van der Waals surface area contributed by atoms with Gasteiger partial charge in [-0.1, -0.05) is 47.5 Å². The van der Waals surface area contributed by atoms with Gasteiger partial charge in [-0.15, -0.1) is 0 Å². The first-order chi connectivity index (χ1) is 9.09. The zero-order valence-electron chi connectivity index (χ0n) is 9.77. The molecule has 0 aliphatic heterocycles. The van der Waals surface area contributed by atoms with E-state index in [1.165, 1.54) is 6.07 Å². The number of benzene rings is 2. The van der Waals surface area contributed by atoms with E-state index >= 15 is 0 Å². The Morgan fingerprint density at radius 2 is 1.68 bits per heavy atom. The van der Waals surface area contributed by atoms with Crippen molar-refractivity contribution >= 4 is 34.6 Å². The molecule has 0 aliphatic rings. The average Bonchev–Trinajstić information content (AvgIpc) is 2.38. The van der Waals surface area contributed by atoms with Gasteiger partial charge in [0.2, 0.25) is 0 Å². The highest BCUT2D eigenvalue weighted by Crippen LogP contribution is 2.30. The molecule has 0 aliphatic carbocycles. The molecule has 6 heteroatoms. The summed E-state index contributed by atoms with van der Waals surface area (Å²) in [5.41, 5.74) is 1.21. The number of para-hydroxylation sites is 2. The third-order valence-electron chi connectivity index (χ3n) is 2.61. The van der Waals surface area contributed by atoms with E-state index in [2.05, 4.69) is 5.32 Å². The number of nitrogens with zero attached hydrogens (tertiary/aromatic N) is 1. The molecule has 19 heavy (non-hydrogen) atoms. The highest BCUT2D eigenvalue weighted by Gasteiger charge is 2.13. The van der Waals surface area contributed by atoms with Gasteiger partial charge in [-0.25, -0.2) is 0 Å². The number of nitro groups is 1. The summed E-state index contributed by atoms with van der Waals surface area (Å²) in [6, 6.07) is 11.7. The van der Waals surface area contributed by atoms with E-state index in [1.54, 1.807) is 36.4 Å².